The molecule has 0 bridgehead atoms. The van der Waals surface area contributed by atoms with Gasteiger partial charge in [0, 0.05) is 0 Å². The lowest BCUT2D eigenvalue weighted by Crippen LogP contribution is -2.12. The second-order valence-corrected chi connectivity index (χ2v) is 1.82. The van der Waals surface area contributed by atoms with E-state index < -0.39 is 25.2 Å². The van der Waals surface area contributed by atoms with Gasteiger partial charge < -0.3 is 2.96 Å². The fraction of sp³-hybridized carbons (Fsp3) is 1.00. The third-order valence-corrected chi connectivity index (χ3v) is 0.455. The molecule has 7 heavy (non-hydrogen) atoms. The van der Waals surface area contributed by atoms with Gasteiger partial charge in [0.1, 0.15) is 0 Å². The Kier molecular flexibility index (Phi) is 6.53. The minimum absolute atomic E-state index is 0. The summed E-state index contributed by atoms with van der Waals surface area (Å²) >= 11 is -3.25. The topological polar surface area (TPSA) is 0 Å². The molecule has 0 aromatic rings. The predicted molar refractivity (Wildman–Crippen MR) is 28.3 cm³/mol. The maximum Gasteiger partial charge on any atom is 0.761 e. The van der Waals surface area contributed by atoms with Gasteiger partial charge in [0.15, 0.2) is 0 Å². The van der Waals surface area contributed by atoms with Crippen molar-refractivity contribution in [2.75, 3.05) is 0 Å². The van der Waals surface area contributed by atoms with Crippen LogP contribution in [0.1, 0.15) is 0 Å². The lowest BCUT2D eigenvalue weighted by molar-refractivity contribution is -0.0522. The van der Waals surface area contributed by atoms with E-state index in [0.717, 1.165) is 0 Å². The van der Waals surface area contributed by atoms with E-state index in [2.05, 4.69) is 0 Å². The first-order valence-corrected chi connectivity index (χ1v) is 2.43. The number of hydrogen-bond acceptors (Lipinski definition) is 0. The molecule has 0 aliphatic heterocycles. The molecule has 0 radical (unpaired) electrons. The molecular weight excluding hydrogens is 239 g/mol. The Hall–Kier alpha value is 1.22. The van der Waals surface area contributed by atoms with Gasteiger partial charge in [-0.1, -0.05) is 0 Å². The maximum atomic E-state index is 10.5. The second-order valence-electron chi connectivity index (χ2n) is 0.749. The molecule has 0 saturated carbocycles. The van der Waals surface area contributed by atoms with Gasteiger partial charge in [-0.3, -0.25) is 0 Å². The van der Waals surface area contributed by atoms with Crippen molar-refractivity contribution in [1.82, 2.24) is 0 Å². The number of rotatable bonds is 0. The third-order valence-electron chi connectivity index (χ3n) is 0.152. The van der Waals surface area contributed by atoms with Crippen LogP contribution in [0.3, 0.4) is 0 Å². The summed E-state index contributed by atoms with van der Waals surface area (Å²) in [4.78, 5) is 0. The van der Waals surface area contributed by atoms with Crippen LogP contribution in [0.25, 0.3) is 0 Å². The molecule has 0 aromatic carbocycles. The fourth-order valence-corrected chi connectivity index (χ4v) is 0. The highest BCUT2D eigenvalue weighted by atomic mass is 127. The molecule has 0 amide bonds. The molecule has 0 aromatic heterocycles. The molecule has 0 fully saturated rings. The van der Waals surface area contributed by atoms with E-state index in [1.54, 1.807) is 0 Å². The summed E-state index contributed by atoms with van der Waals surface area (Å²) in [7, 11) is 0. The highest BCUT2D eigenvalue weighted by molar-refractivity contribution is 14.0. The lowest BCUT2D eigenvalue weighted by Gasteiger charge is -1.92. The number of alkyl halides is 3. The summed E-state index contributed by atoms with van der Waals surface area (Å²) < 4.78 is 37.4. The van der Waals surface area contributed by atoms with Crippen molar-refractivity contribution in [3.8, 4) is 0 Å². The van der Waals surface area contributed by atoms with E-state index >= 15 is 0 Å². The van der Waals surface area contributed by atoms with Crippen LogP contribution in [0.5, 0.6) is 0 Å². The molecule has 0 nitrogen and oxygen atoms in total. The van der Waals surface area contributed by atoms with Crippen molar-refractivity contribution in [3.63, 3.8) is 0 Å². The van der Waals surface area contributed by atoms with Gasteiger partial charge in [-0.2, -0.15) is 0 Å². The normalized spacial score (nSPS) is 9.14. The number of hydrogen-bond donors (Lipinski definition) is 0. The van der Waals surface area contributed by atoms with Gasteiger partial charge >= 0.3 is 25.2 Å². The van der Waals surface area contributed by atoms with Gasteiger partial charge in [-0.25, -0.2) is 13.2 Å². The molecule has 0 atom stereocenters. The Balaban J connectivity index is 0. The SMILES string of the molecule is I.[F][Mg][C](F)(F)F. The van der Waals surface area contributed by atoms with Gasteiger partial charge in [-0.05, 0) is 0 Å². The smallest absolute Gasteiger partial charge is 0.473 e. The zero-order valence-corrected chi connectivity index (χ0v) is 6.87. The van der Waals surface area contributed by atoms with E-state index in [-0.39, 0.29) is 24.0 Å². The summed E-state index contributed by atoms with van der Waals surface area (Å²) in [6, 6.07) is 0. The minimum Gasteiger partial charge on any atom is -0.473 e. The first-order valence-electron chi connectivity index (χ1n) is 1.19. The molecule has 0 N–H and O–H groups in total. The first-order chi connectivity index (χ1) is 2.56. The summed E-state index contributed by atoms with van der Waals surface area (Å²) in [5, 5.41) is 0. The Morgan fingerprint density at radius 2 is 1.29 bits per heavy atom. The van der Waals surface area contributed by atoms with Gasteiger partial charge in [-0.15, -0.1) is 24.0 Å². The van der Waals surface area contributed by atoms with Crippen LogP contribution in [-0.4, -0.2) is 25.2 Å². The van der Waals surface area contributed by atoms with E-state index in [9.17, 15) is 16.1 Å². The standard InChI is InChI=1S/CF3.FH.HI.Mg/c2-1(3)4;;;/h;2*1H;/q;;;+1/p-1. The highest BCUT2D eigenvalue weighted by Gasteiger charge is 2.33. The highest BCUT2D eigenvalue weighted by Crippen LogP contribution is 2.11. The van der Waals surface area contributed by atoms with Gasteiger partial charge in [0.2, 0.25) is 0 Å². The van der Waals surface area contributed by atoms with Crippen molar-refractivity contribution in [2.45, 2.75) is 4.31 Å². The van der Waals surface area contributed by atoms with Crippen molar-refractivity contribution < 1.29 is 16.1 Å². The van der Waals surface area contributed by atoms with Gasteiger partial charge in [0.05, 0.1) is 0 Å². The molecule has 0 aliphatic carbocycles. The minimum atomic E-state index is -4.49. The van der Waals surface area contributed by atoms with Crippen LogP contribution in [0.2, 0.25) is 0 Å². The summed E-state index contributed by atoms with van der Waals surface area (Å²) in [5.41, 5.74) is 0. The van der Waals surface area contributed by atoms with Crippen molar-refractivity contribution >= 4 is 44.9 Å². The van der Waals surface area contributed by atoms with Crippen molar-refractivity contribution in [1.29, 1.82) is 0 Å². The molecule has 0 rings (SSSR count). The molecule has 6 heteroatoms. The summed E-state index contributed by atoms with van der Waals surface area (Å²) in [6.07, 6.45) is 0. The Labute approximate surface area is 65.1 Å². The van der Waals surface area contributed by atoms with Crippen LogP contribution in [0.4, 0.5) is 16.1 Å². The van der Waals surface area contributed by atoms with E-state index in [4.69, 9.17) is 0 Å². The van der Waals surface area contributed by atoms with E-state index in [1.165, 1.54) is 0 Å². The molecular formula is CHF4IMg. The first kappa shape index (κ1) is 11.1. The van der Waals surface area contributed by atoms with Crippen LogP contribution in [-0.2, 0) is 0 Å². The van der Waals surface area contributed by atoms with Crippen LogP contribution in [0, 0.1) is 0 Å². The summed E-state index contributed by atoms with van der Waals surface area (Å²) in [5.74, 6) is 0. The Morgan fingerprint density at radius 3 is 1.29 bits per heavy atom. The molecule has 0 aliphatic rings. The maximum absolute atomic E-state index is 10.5. The second kappa shape index (κ2) is 4.13. The third kappa shape index (κ3) is 11.0. The van der Waals surface area contributed by atoms with Gasteiger partial charge in [0.25, 0.3) is 0 Å². The number of halogens is 5. The van der Waals surface area contributed by atoms with E-state index in [1.807, 2.05) is 0 Å². The average Bonchev–Trinajstić information content (AvgIpc) is 1.35. The molecule has 42 valence electrons. The fourth-order valence-electron chi connectivity index (χ4n) is 0. The zero-order valence-electron chi connectivity index (χ0n) is 3.13. The van der Waals surface area contributed by atoms with Crippen LogP contribution >= 0.6 is 24.0 Å². The van der Waals surface area contributed by atoms with Crippen LogP contribution in [0.15, 0.2) is 0 Å². The predicted octanol–water partition coefficient (Wildman–Crippen LogP) is 1.71. The molecule has 0 spiro atoms. The monoisotopic (exact) mass is 240 g/mol. The molecule has 0 saturated heterocycles. The van der Waals surface area contributed by atoms with Crippen LogP contribution < -0.4 is 0 Å². The van der Waals surface area contributed by atoms with E-state index in [0.29, 0.717) is 0 Å². The average molecular weight is 240 g/mol. The largest absolute Gasteiger partial charge is 0.761 e. The summed E-state index contributed by atoms with van der Waals surface area (Å²) in [6.45, 7) is 0. The van der Waals surface area contributed by atoms with Crippen molar-refractivity contribution in [3.05, 3.63) is 0 Å². The Bertz CT molecular complexity index is 41.4. The quantitative estimate of drug-likeness (QED) is 0.343. The zero-order chi connectivity index (χ0) is 5.21. The Morgan fingerprint density at radius 1 is 1.14 bits per heavy atom. The van der Waals surface area contributed by atoms with Crippen molar-refractivity contribution in [2.24, 2.45) is 0 Å². The molecule has 0 unspecified atom stereocenters. The lowest BCUT2D eigenvalue weighted by atomic mass is 11.5. The molecule has 0 heterocycles.